The van der Waals surface area contributed by atoms with Crippen molar-refractivity contribution in [3.63, 3.8) is 0 Å². The molecule has 0 saturated heterocycles. The maximum absolute atomic E-state index is 11.8. The highest BCUT2D eigenvalue weighted by atomic mass is 19.4. The molecule has 1 heterocycles. The maximum atomic E-state index is 11.8. The third-order valence-electron chi connectivity index (χ3n) is 1.98. The van der Waals surface area contributed by atoms with E-state index in [0.717, 1.165) is 12.0 Å². The Morgan fingerprint density at radius 1 is 1.47 bits per heavy atom. The monoisotopic (exact) mass is 221 g/mol. The summed E-state index contributed by atoms with van der Waals surface area (Å²) >= 11 is 0. The Morgan fingerprint density at radius 2 is 2.20 bits per heavy atom. The smallest absolute Gasteiger partial charge is 0.401 e. The zero-order valence-electron chi connectivity index (χ0n) is 8.47. The van der Waals surface area contributed by atoms with Gasteiger partial charge in [-0.15, -0.1) is 0 Å². The first-order valence-electron chi connectivity index (χ1n) is 4.76. The molecule has 0 aliphatic carbocycles. The second kappa shape index (κ2) is 5.21. The summed E-state index contributed by atoms with van der Waals surface area (Å²) in [6.07, 6.45) is -0.234. The normalized spacial score (nSPS) is 14.1. The Bertz CT molecular complexity index is 269. The van der Waals surface area contributed by atoms with Gasteiger partial charge < -0.3 is 9.73 Å². The lowest BCUT2D eigenvalue weighted by Gasteiger charge is -2.12. The van der Waals surface area contributed by atoms with Gasteiger partial charge in [0.2, 0.25) is 0 Å². The van der Waals surface area contributed by atoms with E-state index in [4.69, 9.17) is 4.42 Å². The quantitative estimate of drug-likeness (QED) is 0.826. The fourth-order valence-corrected chi connectivity index (χ4v) is 1.34. The van der Waals surface area contributed by atoms with E-state index >= 15 is 0 Å². The molecule has 15 heavy (non-hydrogen) atoms. The van der Waals surface area contributed by atoms with Crippen molar-refractivity contribution < 1.29 is 17.6 Å². The number of rotatable bonds is 5. The second-order valence-corrected chi connectivity index (χ2v) is 3.69. The van der Waals surface area contributed by atoms with Gasteiger partial charge in [-0.3, -0.25) is 0 Å². The van der Waals surface area contributed by atoms with E-state index in [9.17, 15) is 13.2 Å². The maximum Gasteiger partial charge on any atom is 0.401 e. The summed E-state index contributed by atoms with van der Waals surface area (Å²) in [7, 11) is 0. The van der Waals surface area contributed by atoms with E-state index in [-0.39, 0.29) is 5.92 Å². The van der Waals surface area contributed by atoms with Crippen molar-refractivity contribution in [2.45, 2.75) is 19.5 Å². The molecule has 0 aromatic carbocycles. The van der Waals surface area contributed by atoms with Crippen molar-refractivity contribution >= 4 is 0 Å². The van der Waals surface area contributed by atoms with Gasteiger partial charge in [-0.05, 0) is 30.5 Å². The molecule has 1 rings (SSSR count). The van der Waals surface area contributed by atoms with E-state index in [1.807, 2.05) is 13.0 Å². The highest BCUT2D eigenvalue weighted by Crippen LogP contribution is 2.13. The highest BCUT2D eigenvalue weighted by molar-refractivity contribution is 5.05. The van der Waals surface area contributed by atoms with E-state index in [0.29, 0.717) is 6.54 Å². The molecular formula is C10H14F3NO. The highest BCUT2D eigenvalue weighted by Gasteiger charge is 2.26. The Kier molecular flexibility index (Phi) is 4.20. The molecule has 1 unspecified atom stereocenters. The van der Waals surface area contributed by atoms with Gasteiger partial charge in [0.15, 0.2) is 0 Å². The molecule has 0 saturated carbocycles. The fourth-order valence-electron chi connectivity index (χ4n) is 1.34. The zero-order chi connectivity index (χ0) is 11.3. The van der Waals surface area contributed by atoms with Gasteiger partial charge in [0.25, 0.3) is 0 Å². The minimum Gasteiger partial charge on any atom is -0.472 e. The van der Waals surface area contributed by atoms with Crippen molar-refractivity contribution in [3.8, 4) is 0 Å². The van der Waals surface area contributed by atoms with Gasteiger partial charge in [-0.1, -0.05) is 6.92 Å². The molecule has 0 fully saturated rings. The predicted octanol–water partition coefficient (Wildman–Crippen LogP) is 2.61. The van der Waals surface area contributed by atoms with Gasteiger partial charge in [-0.2, -0.15) is 13.2 Å². The van der Waals surface area contributed by atoms with E-state index in [1.165, 1.54) is 0 Å². The average molecular weight is 221 g/mol. The molecule has 86 valence electrons. The summed E-state index contributed by atoms with van der Waals surface area (Å²) in [6.45, 7) is 1.32. The number of hydrogen-bond acceptors (Lipinski definition) is 2. The summed E-state index contributed by atoms with van der Waals surface area (Å²) in [5.41, 5.74) is 1.01. The Hall–Kier alpha value is -0.970. The topological polar surface area (TPSA) is 25.2 Å². The number of hydrogen-bond donors (Lipinski definition) is 1. The van der Waals surface area contributed by atoms with Crippen LogP contribution in [-0.2, 0) is 6.42 Å². The minimum absolute atomic E-state index is 0.157. The molecule has 2 nitrogen and oxygen atoms in total. The first-order valence-corrected chi connectivity index (χ1v) is 4.76. The van der Waals surface area contributed by atoms with Gasteiger partial charge in [0.1, 0.15) is 0 Å². The molecule has 0 radical (unpaired) electrons. The SMILES string of the molecule is CC(CNCC(F)(F)F)Cc1ccoc1. The van der Waals surface area contributed by atoms with Crippen LogP contribution in [0.3, 0.4) is 0 Å². The molecule has 0 aliphatic rings. The first kappa shape index (κ1) is 12.1. The van der Waals surface area contributed by atoms with Crippen LogP contribution in [0.2, 0.25) is 0 Å². The third kappa shape index (κ3) is 5.47. The van der Waals surface area contributed by atoms with E-state index in [2.05, 4.69) is 5.32 Å². The lowest BCUT2D eigenvalue weighted by Crippen LogP contribution is -2.32. The molecule has 0 spiro atoms. The largest absolute Gasteiger partial charge is 0.472 e. The molecule has 5 heteroatoms. The van der Waals surface area contributed by atoms with Crippen LogP contribution in [0.5, 0.6) is 0 Å². The number of furan rings is 1. The molecule has 1 aromatic heterocycles. The minimum atomic E-state index is -4.13. The van der Waals surface area contributed by atoms with Crippen LogP contribution in [0.15, 0.2) is 23.0 Å². The third-order valence-corrected chi connectivity index (χ3v) is 1.98. The number of halogens is 3. The lowest BCUT2D eigenvalue weighted by molar-refractivity contribution is -0.125. The van der Waals surface area contributed by atoms with E-state index < -0.39 is 12.7 Å². The van der Waals surface area contributed by atoms with Gasteiger partial charge in [-0.25, -0.2) is 0 Å². The number of alkyl halides is 3. The summed E-state index contributed by atoms with van der Waals surface area (Å²) in [6, 6.07) is 1.82. The standard InChI is InChI=1S/C10H14F3NO/c1-8(4-9-2-3-15-6-9)5-14-7-10(11,12)13/h2-3,6,8,14H,4-5,7H2,1H3. The molecule has 0 amide bonds. The Morgan fingerprint density at radius 3 is 2.73 bits per heavy atom. The molecule has 0 bridgehead atoms. The van der Waals surface area contributed by atoms with Crippen LogP contribution in [0, 0.1) is 5.92 Å². The fraction of sp³-hybridized carbons (Fsp3) is 0.600. The van der Waals surface area contributed by atoms with Crippen LogP contribution < -0.4 is 5.32 Å². The van der Waals surface area contributed by atoms with Crippen LogP contribution >= 0.6 is 0 Å². The van der Waals surface area contributed by atoms with Crippen molar-refractivity contribution in [2.75, 3.05) is 13.1 Å². The molecule has 0 aliphatic heterocycles. The summed E-state index contributed by atoms with van der Waals surface area (Å²) < 4.78 is 40.3. The Labute approximate surface area is 86.5 Å². The summed E-state index contributed by atoms with van der Waals surface area (Å²) in [4.78, 5) is 0. The molecule has 1 aromatic rings. The van der Waals surface area contributed by atoms with Crippen molar-refractivity contribution in [1.82, 2.24) is 5.32 Å². The second-order valence-electron chi connectivity index (χ2n) is 3.69. The van der Waals surface area contributed by atoms with Crippen molar-refractivity contribution in [1.29, 1.82) is 0 Å². The lowest BCUT2D eigenvalue weighted by atomic mass is 10.0. The summed E-state index contributed by atoms with van der Waals surface area (Å²) in [5.74, 6) is 0.157. The van der Waals surface area contributed by atoms with Gasteiger partial charge in [0.05, 0.1) is 19.1 Å². The van der Waals surface area contributed by atoms with Crippen LogP contribution in [0.1, 0.15) is 12.5 Å². The average Bonchev–Trinajstić information content (AvgIpc) is 2.54. The number of nitrogens with one attached hydrogen (secondary N) is 1. The van der Waals surface area contributed by atoms with Gasteiger partial charge in [0, 0.05) is 0 Å². The van der Waals surface area contributed by atoms with Crippen LogP contribution in [0.25, 0.3) is 0 Å². The van der Waals surface area contributed by atoms with Crippen molar-refractivity contribution in [2.24, 2.45) is 5.92 Å². The molecule has 1 atom stereocenters. The van der Waals surface area contributed by atoms with Crippen LogP contribution in [0.4, 0.5) is 13.2 Å². The van der Waals surface area contributed by atoms with Crippen molar-refractivity contribution in [3.05, 3.63) is 24.2 Å². The van der Waals surface area contributed by atoms with Crippen LogP contribution in [-0.4, -0.2) is 19.3 Å². The molecule has 1 N–H and O–H groups in total. The van der Waals surface area contributed by atoms with E-state index in [1.54, 1.807) is 12.5 Å². The van der Waals surface area contributed by atoms with Gasteiger partial charge >= 0.3 is 6.18 Å². The Balaban J connectivity index is 2.17. The first-order chi connectivity index (χ1) is 6.97. The predicted molar refractivity (Wildman–Crippen MR) is 50.5 cm³/mol. The summed E-state index contributed by atoms with van der Waals surface area (Å²) in [5, 5.41) is 2.38. The zero-order valence-corrected chi connectivity index (χ0v) is 8.47. The molecular weight excluding hydrogens is 207 g/mol.